The van der Waals surface area contributed by atoms with Gasteiger partial charge < -0.3 is 4.90 Å². The number of hydrogen-bond acceptors (Lipinski definition) is 3. The second kappa shape index (κ2) is 8.12. The Balaban J connectivity index is 1.79. The van der Waals surface area contributed by atoms with Crippen LogP contribution in [0.25, 0.3) is 23.1 Å². The molecular weight excluding hydrogens is 306 g/mol. The number of nitrogens with zero attached hydrogens (tertiary/aromatic N) is 3. The lowest BCUT2D eigenvalue weighted by Gasteiger charge is -2.21. The van der Waals surface area contributed by atoms with Crippen molar-refractivity contribution in [1.29, 1.82) is 5.26 Å². The van der Waals surface area contributed by atoms with Crippen LogP contribution in [0.4, 0.5) is 5.69 Å². The number of nitriles is 1. The molecule has 3 aromatic rings. The van der Waals surface area contributed by atoms with Gasteiger partial charge >= 0.3 is 0 Å². The molecule has 0 aliphatic heterocycles. The van der Waals surface area contributed by atoms with Crippen LogP contribution in [0.1, 0.15) is 24.5 Å². The Morgan fingerprint density at radius 3 is 2.60 bits per heavy atom. The molecule has 0 radical (unpaired) electrons. The maximum atomic E-state index is 8.76. The van der Waals surface area contributed by atoms with Gasteiger partial charge in [-0.1, -0.05) is 42.5 Å². The molecule has 0 atom stereocenters. The molecule has 0 N–H and O–H groups in total. The van der Waals surface area contributed by atoms with Crippen LogP contribution < -0.4 is 4.90 Å². The molecular formula is C22H21N3. The zero-order valence-electron chi connectivity index (χ0n) is 14.4. The maximum Gasteiger partial charge on any atom is 0.0707 e. The van der Waals surface area contributed by atoms with Crippen molar-refractivity contribution >= 4 is 28.7 Å². The molecule has 0 unspecified atom stereocenters. The minimum absolute atomic E-state index is 0.546. The molecule has 0 spiro atoms. The van der Waals surface area contributed by atoms with E-state index in [0.29, 0.717) is 6.42 Å². The fraction of sp³-hybridized carbons (Fsp3) is 0.182. The molecule has 1 aromatic heterocycles. The minimum Gasteiger partial charge on any atom is -0.371 e. The van der Waals surface area contributed by atoms with Gasteiger partial charge in [0, 0.05) is 30.4 Å². The lowest BCUT2D eigenvalue weighted by molar-refractivity contribution is 0.827. The van der Waals surface area contributed by atoms with Crippen molar-refractivity contribution in [3.63, 3.8) is 0 Å². The third-order valence-electron chi connectivity index (χ3n) is 4.27. The molecule has 0 aliphatic carbocycles. The number of fused-ring (bicyclic) bond motifs is 1. The fourth-order valence-corrected chi connectivity index (χ4v) is 2.90. The van der Waals surface area contributed by atoms with Crippen molar-refractivity contribution < 1.29 is 0 Å². The third kappa shape index (κ3) is 4.05. The highest BCUT2D eigenvalue weighted by molar-refractivity contribution is 5.90. The lowest BCUT2D eigenvalue weighted by Crippen LogP contribution is -2.23. The molecule has 3 nitrogen and oxygen atoms in total. The summed E-state index contributed by atoms with van der Waals surface area (Å²) in [6.45, 7) is 3.78. The van der Waals surface area contributed by atoms with E-state index < -0.39 is 0 Å². The fourth-order valence-electron chi connectivity index (χ4n) is 2.90. The second-order valence-corrected chi connectivity index (χ2v) is 5.83. The zero-order chi connectivity index (χ0) is 17.5. The van der Waals surface area contributed by atoms with Crippen LogP contribution >= 0.6 is 0 Å². The molecule has 0 saturated heterocycles. The number of pyridine rings is 1. The Labute approximate surface area is 148 Å². The summed E-state index contributed by atoms with van der Waals surface area (Å²) in [5.74, 6) is 0. The van der Waals surface area contributed by atoms with Gasteiger partial charge in [0.2, 0.25) is 0 Å². The number of para-hydroxylation sites is 1. The van der Waals surface area contributed by atoms with Gasteiger partial charge in [0.25, 0.3) is 0 Å². The van der Waals surface area contributed by atoms with Crippen LogP contribution in [0.3, 0.4) is 0 Å². The van der Waals surface area contributed by atoms with Crippen molar-refractivity contribution in [2.24, 2.45) is 0 Å². The van der Waals surface area contributed by atoms with Gasteiger partial charge in [-0.2, -0.15) is 5.26 Å². The van der Waals surface area contributed by atoms with E-state index >= 15 is 0 Å². The smallest absolute Gasteiger partial charge is 0.0707 e. The van der Waals surface area contributed by atoms with Crippen LogP contribution in [-0.2, 0) is 0 Å². The van der Waals surface area contributed by atoms with Crippen molar-refractivity contribution in [1.82, 2.24) is 4.98 Å². The molecule has 1 heterocycles. The second-order valence-electron chi connectivity index (χ2n) is 5.83. The number of aromatic nitrogens is 1. The van der Waals surface area contributed by atoms with Crippen LogP contribution in [-0.4, -0.2) is 18.1 Å². The normalized spacial score (nSPS) is 10.9. The summed E-state index contributed by atoms with van der Waals surface area (Å²) < 4.78 is 0. The first-order valence-corrected chi connectivity index (χ1v) is 8.55. The van der Waals surface area contributed by atoms with Gasteiger partial charge in [-0.05, 0) is 42.3 Å². The lowest BCUT2D eigenvalue weighted by atomic mass is 10.1. The van der Waals surface area contributed by atoms with Gasteiger partial charge in [0.1, 0.15) is 0 Å². The Kier molecular flexibility index (Phi) is 5.43. The summed E-state index contributed by atoms with van der Waals surface area (Å²) in [5.41, 5.74) is 4.49. The highest BCUT2D eigenvalue weighted by atomic mass is 15.1. The number of rotatable bonds is 6. The molecule has 0 amide bonds. The summed E-state index contributed by atoms with van der Waals surface area (Å²) >= 11 is 0. The maximum absolute atomic E-state index is 8.76. The van der Waals surface area contributed by atoms with Gasteiger partial charge in [-0.15, -0.1) is 0 Å². The Bertz CT molecular complexity index is 899. The van der Waals surface area contributed by atoms with E-state index in [2.05, 4.69) is 65.4 Å². The Hall–Kier alpha value is -3.12. The van der Waals surface area contributed by atoms with Crippen LogP contribution in [0, 0.1) is 11.3 Å². The predicted molar refractivity (Wildman–Crippen MR) is 105 cm³/mol. The molecule has 0 bridgehead atoms. The average molecular weight is 327 g/mol. The van der Waals surface area contributed by atoms with Gasteiger partial charge in [-0.3, -0.25) is 4.98 Å². The minimum atomic E-state index is 0.546. The van der Waals surface area contributed by atoms with Crippen LogP contribution in [0.5, 0.6) is 0 Å². The summed E-state index contributed by atoms with van der Waals surface area (Å²) in [7, 11) is 0. The first-order chi connectivity index (χ1) is 12.3. The van der Waals surface area contributed by atoms with Crippen molar-refractivity contribution in [2.45, 2.75) is 13.3 Å². The Morgan fingerprint density at radius 2 is 1.84 bits per heavy atom. The van der Waals surface area contributed by atoms with E-state index in [0.717, 1.165) is 35.2 Å². The first-order valence-electron chi connectivity index (χ1n) is 8.55. The third-order valence-corrected chi connectivity index (χ3v) is 4.27. The van der Waals surface area contributed by atoms with E-state index in [1.54, 1.807) is 0 Å². The van der Waals surface area contributed by atoms with E-state index in [-0.39, 0.29) is 0 Å². The standard InChI is InChI=1S/C22H21N3/c1-2-25(17-5-15-23)20-12-9-18(10-13-20)8-11-19-14-16-24-22-7-4-3-6-21(19)22/h3-4,6-14,16H,2,5,17H2,1H3/b11-8+. The van der Waals surface area contributed by atoms with Crippen LogP contribution in [0.15, 0.2) is 60.8 Å². The first kappa shape index (κ1) is 16.7. The molecule has 3 heteroatoms. The quantitative estimate of drug-likeness (QED) is 0.629. The molecule has 0 aliphatic rings. The summed E-state index contributed by atoms with van der Waals surface area (Å²) in [4.78, 5) is 6.61. The van der Waals surface area contributed by atoms with Crippen molar-refractivity contribution in [3.8, 4) is 6.07 Å². The SMILES string of the molecule is CCN(CCC#N)c1ccc(/C=C/c2ccnc3ccccc23)cc1. The van der Waals surface area contributed by atoms with Gasteiger partial charge in [0.05, 0.1) is 18.0 Å². The van der Waals surface area contributed by atoms with Crippen molar-refractivity contribution in [3.05, 3.63) is 71.9 Å². The summed E-state index contributed by atoms with van der Waals surface area (Å²) in [6.07, 6.45) is 6.65. The largest absolute Gasteiger partial charge is 0.371 e. The van der Waals surface area contributed by atoms with E-state index in [9.17, 15) is 0 Å². The summed E-state index contributed by atoms with van der Waals surface area (Å²) in [6, 6.07) is 20.9. The van der Waals surface area contributed by atoms with E-state index in [1.807, 2.05) is 30.5 Å². The van der Waals surface area contributed by atoms with Crippen LogP contribution in [0.2, 0.25) is 0 Å². The van der Waals surface area contributed by atoms with Gasteiger partial charge in [-0.25, -0.2) is 0 Å². The highest BCUT2D eigenvalue weighted by Gasteiger charge is 2.03. The topological polar surface area (TPSA) is 39.9 Å². The average Bonchev–Trinajstić information content (AvgIpc) is 2.68. The number of benzene rings is 2. The Morgan fingerprint density at radius 1 is 1.04 bits per heavy atom. The van der Waals surface area contributed by atoms with E-state index in [1.165, 1.54) is 5.56 Å². The van der Waals surface area contributed by atoms with E-state index in [4.69, 9.17) is 5.26 Å². The van der Waals surface area contributed by atoms with Gasteiger partial charge in [0.15, 0.2) is 0 Å². The number of anilines is 1. The predicted octanol–water partition coefficient (Wildman–Crippen LogP) is 5.15. The molecule has 3 rings (SSSR count). The monoisotopic (exact) mass is 327 g/mol. The molecule has 2 aromatic carbocycles. The molecule has 0 fully saturated rings. The molecule has 0 saturated carbocycles. The van der Waals surface area contributed by atoms with Crippen molar-refractivity contribution in [2.75, 3.05) is 18.0 Å². The number of hydrogen-bond donors (Lipinski definition) is 0. The highest BCUT2D eigenvalue weighted by Crippen LogP contribution is 2.20. The zero-order valence-corrected chi connectivity index (χ0v) is 14.4. The molecule has 25 heavy (non-hydrogen) atoms. The summed E-state index contributed by atoms with van der Waals surface area (Å²) in [5, 5.41) is 9.92. The molecule has 124 valence electrons.